The van der Waals surface area contributed by atoms with Crippen LogP contribution >= 0.6 is 11.3 Å². The molecule has 0 bridgehead atoms. The molecule has 0 radical (unpaired) electrons. The van der Waals surface area contributed by atoms with E-state index < -0.39 is 11.5 Å². The first-order valence-corrected chi connectivity index (χ1v) is 5.84. The van der Waals surface area contributed by atoms with Gasteiger partial charge < -0.3 is 10.8 Å². The summed E-state index contributed by atoms with van der Waals surface area (Å²) in [6, 6.07) is 3.58. The van der Waals surface area contributed by atoms with Crippen LogP contribution in [-0.4, -0.2) is 24.7 Å². The summed E-state index contributed by atoms with van der Waals surface area (Å²) in [7, 11) is 1.48. The van der Waals surface area contributed by atoms with Crippen molar-refractivity contribution in [1.29, 1.82) is 0 Å². The summed E-state index contributed by atoms with van der Waals surface area (Å²) >= 11 is 1.37. The summed E-state index contributed by atoms with van der Waals surface area (Å²) in [4.78, 5) is 12.1. The summed E-state index contributed by atoms with van der Waals surface area (Å²) in [6.07, 6.45) is 0.972. The molecule has 0 amide bonds. The Bertz CT molecular complexity index is 364. The molecule has 0 saturated carbocycles. The summed E-state index contributed by atoms with van der Waals surface area (Å²) in [5.41, 5.74) is 4.16. The van der Waals surface area contributed by atoms with E-state index in [0.29, 0.717) is 24.3 Å². The maximum absolute atomic E-state index is 11.4. The van der Waals surface area contributed by atoms with E-state index in [2.05, 4.69) is 10.2 Å². The third-order valence-electron chi connectivity index (χ3n) is 2.30. The van der Waals surface area contributed by atoms with E-state index in [4.69, 9.17) is 5.73 Å². The van der Waals surface area contributed by atoms with Crippen LogP contribution in [0.3, 0.4) is 0 Å². The van der Waals surface area contributed by atoms with Gasteiger partial charge in [0.05, 0.1) is 0 Å². The molecule has 1 atom stereocenters. The van der Waals surface area contributed by atoms with Crippen molar-refractivity contribution < 1.29 is 9.90 Å². The average Bonchev–Trinajstić information content (AvgIpc) is 2.77. The number of thiophene rings is 1. The van der Waals surface area contributed by atoms with Gasteiger partial charge in [0.1, 0.15) is 0 Å². The Kier molecular flexibility index (Phi) is 4.57. The zero-order valence-corrected chi connectivity index (χ0v) is 9.91. The lowest BCUT2D eigenvalue weighted by molar-refractivity contribution is -0.144. The third kappa shape index (κ3) is 2.45. The second kappa shape index (κ2) is 5.72. The highest BCUT2D eigenvalue weighted by molar-refractivity contribution is 7.10. The zero-order valence-electron chi connectivity index (χ0n) is 9.09. The lowest BCUT2D eigenvalue weighted by atomic mass is 9.92. The molecule has 0 aliphatic heterocycles. The highest BCUT2D eigenvalue weighted by Gasteiger charge is 2.41. The van der Waals surface area contributed by atoms with Gasteiger partial charge in [-0.3, -0.25) is 0 Å². The van der Waals surface area contributed by atoms with Crippen LogP contribution in [0.1, 0.15) is 17.7 Å². The molecule has 0 unspecified atom stereocenters. The molecule has 1 rings (SSSR count). The van der Waals surface area contributed by atoms with Gasteiger partial charge in [0.2, 0.25) is 5.54 Å². The number of azo groups is 1. The number of carboxylic acids is 1. The van der Waals surface area contributed by atoms with Crippen molar-refractivity contribution in [2.75, 3.05) is 13.6 Å². The molecule has 6 heteroatoms. The Morgan fingerprint density at radius 1 is 1.69 bits per heavy atom. The average molecular weight is 241 g/mol. The van der Waals surface area contributed by atoms with Crippen molar-refractivity contribution in [1.82, 2.24) is 0 Å². The van der Waals surface area contributed by atoms with Crippen LogP contribution in [0.25, 0.3) is 0 Å². The fourth-order valence-electron chi connectivity index (χ4n) is 1.52. The standard InChI is InChI=1S/C10H15N3O2S/c1-12-13-10(9(14)15,5-3-6-11)8-4-2-7-16-8/h2,4,7H,3,5-6,11H2,1H3,(H,14,15)/t10-/m1/s1. The first kappa shape index (κ1) is 12.8. The van der Waals surface area contributed by atoms with Crippen molar-refractivity contribution in [3.63, 3.8) is 0 Å². The first-order valence-electron chi connectivity index (χ1n) is 4.96. The number of carbonyl (C=O) groups is 1. The van der Waals surface area contributed by atoms with E-state index in [-0.39, 0.29) is 0 Å². The monoisotopic (exact) mass is 241 g/mol. The summed E-state index contributed by atoms with van der Waals surface area (Å²) in [6.45, 7) is 0.444. The molecule has 0 aliphatic rings. The number of aliphatic carboxylic acids is 1. The van der Waals surface area contributed by atoms with Gasteiger partial charge in [0.15, 0.2) is 0 Å². The Morgan fingerprint density at radius 3 is 2.88 bits per heavy atom. The molecule has 0 fully saturated rings. The minimum atomic E-state index is -1.26. The van der Waals surface area contributed by atoms with Gasteiger partial charge >= 0.3 is 5.97 Å². The van der Waals surface area contributed by atoms with Gasteiger partial charge in [-0.2, -0.15) is 10.2 Å². The van der Waals surface area contributed by atoms with Crippen molar-refractivity contribution in [3.8, 4) is 0 Å². The molecule has 1 aromatic heterocycles. The highest BCUT2D eigenvalue weighted by Crippen LogP contribution is 2.34. The Balaban J connectivity index is 3.11. The van der Waals surface area contributed by atoms with Crippen molar-refractivity contribution >= 4 is 17.3 Å². The minimum absolute atomic E-state index is 0.372. The topological polar surface area (TPSA) is 88.0 Å². The molecule has 88 valence electrons. The van der Waals surface area contributed by atoms with Gasteiger partial charge in [0.25, 0.3) is 0 Å². The van der Waals surface area contributed by atoms with E-state index in [0.717, 1.165) is 0 Å². The summed E-state index contributed by atoms with van der Waals surface area (Å²) < 4.78 is 0. The van der Waals surface area contributed by atoms with Crippen LogP contribution in [-0.2, 0) is 10.3 Å². The number of hydrogen-bond acceptors (Lipinski definition) is 5. The van der Waals surface area contributed by atoms with Gasteiger partial charge in [-0.15, -0.1) is 11.3 Å². The zero-order chi connectivity index (χ0) is 12.0. The second-order valence-electron chi connectivity index (χ2n) is 3.33. The SMILES string of the molecule is CN=N[C@@](CCCN)(C(=O)O)c1cccs1. The number of nitrogens with zero attached hydrogens (tertiary/aromatic N) is 2. The molecule has 0 aromatic carbocycles. The minimum Gasteiger partial charge on any atom is -0.479 e. The third-order valence-corrected chi connectivity index (χ3v) is 3.32. The molecule has 16 heavy (non-hydrogen) atoms. The molecule has 1 heterocycles. The predicted octanol–water partition coefficient (Wildman–Crippen LogP) is 1.85. The number of carboxylic acid groups (broad SMARTS) is 1. The van der Waals surface area contributed by atoms with E-state index in [1.165, 1.54) is 18.4 Å². The smallest absolute Gasteiger partial charge is 0.339 e. The normalized spacial score (nSPS) is 15.1. The van der Waals surface area contributed by atoms with E-state index >= 15 is 0 Å². The Labute approximate surface area is 98.0 Å². The van der Waals surface area contributed by atoms with Crippen LogP contribution in [0.5, 0.6) is 0 Å². The van der Waals surface area contributed by atoms with Crippen LogP contribution in [0.2, 0.25) is 0 Å². The van der Waals surface area contributed by atoms with Gasteiger partial charge in [0, 0.05) is 11.9 Å². The van der Waals surface area contributed by atoms with Gasteiger partial charge in [-0.05, 0) is 30.8 Å². The molecule has 0 saturated heterocycles. The Hall–Kier alpha value is -1.27. The predicted molar refractivity (Wildman–Crippen MR) is 62.7 cm³/mol. The van der Waals surface area contributed by atoms with Crippen LogP contribution < -0.4 is 5.73 Å². The van der Waals surface area contributed by atoms with E-state index in [9.17, 15) is 9.90 Å². The van der Waals surface area contributed by atoms with Crippen molar-refractivity contribution in [3.05, 3.63) is 22.4 Å². The molecular formula is C10H15N3O2S. The summed E-state index contributed by atoms with van der Waals surface area (Å²) in [5.74, 6) is -0.978. The maximum atomic E-state index is 11.4. The fourth-order valence-corrected chi connectivity index (χ4v) is 2.41. The number of hydrogen-bond donors (Lipinski definition) is 2. The van der Waals surface area contributed by atoms with Crippen LogP contribution in [0, 0.1) is 0 Å². The van der Waals surface area contributed by atoms with Crippen molar-refractivity contribution in [2.24, 2.45) is 16.0 Å². The quantitative estimate of drug-likeness (QED) is 0.745. The molecular weight excluding hydrogens is 226 g/mol. The highest BCUT2D eigenvalue weighted by atomic mass is 32.1. The van der Waals surface area contributed by atoms with E-state index in [1.54, 1.807) is 6.07 Å². The fraction of sp³-hybridized carbons (Fsp3) is 0.500. The molecule has 5 nitrogen and oxygen atoms in total. The Morgan fingerprint density at radius 2 is 2.44 bits per heavy atom. The van der Waals surface area contributed by atoms with Crippen molar-refractivity contribution in [2.45, 2.75) is 18.4 Å². The number of rotatable bonds is 6. The molecule has 0 spiro atoms. The number of nitrogens with two attached hydrogens (primary N) is 1. The largest absolute Gasteiger partial charge is 0.479 e. The lowest BCUT2D eigenvalue weighted by Gasteiger charge is -2.22. The molecule has 0 aliphatic carbocycles. The first-order chi connectivity index (χ1) is 7.67. The molecule has 3 N–H and O–H groups in total. The second-order valence-corrected chi connectivity index (χ2v) is 4.28. The van der Waals surface area contributed by atoms with E-state index in [1.807, 2.05) is 11.4 Å². The van der Waals surface area contributed by atoms with Gasteiger partial charge in [-0.1, -0.05) is 6.07 Å². The van der Waals surface area contributed by atoms with Crippen LogP contribution in [0.15, 0.2) is 27.7 Å². The lowest BCUT2D eigenvalue weighted by Crippen LogP contribution is -2.33. The maximum Gasteiger partial charge on any atom is 0.339 e. The molecule has 1 aromatic rings. The summed E-state index contributed by atoms with van der Waals surface area (Å²) in [5, 5.41) is 18.8. The van der Waals surface area contributed by atoms with Crippen LogP contribution in [0.4, 0.5) is 0 Å². The van der Waals surface area contributed by atoms with Gasteiger partial charge in [-0.25, -0.2) is 4.79 Å².